The highest BCUT2D eigenvalue weighted by atomic mass is 127. The smallest absolute Gasteiger partial charge is 0.225 e. The molecule has 27 heavy (non-hydrogen) atoms. The van der Waals surface area contributed by atoms with E-state index in [0.717, 1.165) is 57.7 Å². The van der Waals surface area contributed by atoms with E-state index in [0.29, 0.717) is 6.54 Å². The summed E-state index contributed by atoms with van der Waals surface area (Å²) in [4.78, 5) is 18.0. The number of nitrogens with zero attached hydrogens (tertiary/aromatic N) is 5. The number of aromatic nitrogens is 2. The lowest BCUT2D eigenvalue weighted by Gasteiger charge is -2.34. The Morgan fingerprint density at radius 2 is 1.96 bits per heavy atom. The van der Waals surface area contributed by atoms with Crippen molar-refractivity contribution in [3.05, 3.63) is 40.8 Å². The number of guanidine groups is 1. The summed E-state index contributed by atoms with van der Waals surface area (Å²) in [5.74, 6) is 1.72. The van der Waals surface area contributed by atoms with Gasteiger partial charge in [-0.25, -0.2) is 15.0 Å². The molecule has 0 radical (unpaired) electrons. The first kappa shape index (κ1) is 21.8. The third-order valence-corrected chi connectivity index (χ3v) is 5.00. The van der Waals surface area contributed by atoms with Crippen LogP contribution in [0.1, 0.15) is 12.5 Å². The monoisotopic (exact) mass is 501 g/mol. The van der Waals surface area contributed by atoms with E-state index < -0.39 is 0 Å². The number of aliphatic imine (C=N–C) groups is 1. The van der Waals surface area contributed by atoms with Gasteiger partial charge < -0.3 is 15.5 Å². The molecule has 2 N–H and O–H groups in total. The second-order valence-electron chi connectivity index (χ2n) is 6.13. The van der Waals surface area contributed by atoms with Gasteiger partial charge in [-0.15, -0.1) is 24.0 Å². The fourth-order valence-electron chi connectivity index (χ4n) is 2.85. The quantitative estimate of drug-likeness (QED) is 0.344. The zero-order valence-corrected chi connectivity index (χ0v) is 18.8. The van der Waals surface area contributed by atoms with Gasteiger partial charge in [0.15, 0.2) is 5.96 Å². The highest BCUT2D eigenvalue weighted by Gasteiger charge is 2.18. The molecule has 0 bridgehead atoms. The number of piperazine rings is 1. The van der Waals surface area contributed by atoms with E-state index in [1.165, 1.54) is 5.56 Å². The molecular weight excluding hydrogens is 473 g/mol. The Morgan fingerprint density at radius 3 is 2.63 bits per heavy atom. The number of nitrogens with one attached hydrogen (secondary N) is 2. The minimum absolute atomic E-state index is 0. The molecule has 148 valence electrons. The Morgan fingerprint density at radius 1 is 1.19 bits per heavy atom. The number of halogens is 1. The Kier molecular flexibility index (Phi) is 9.78. The zero-order chi connectivity index (χ0) is 18.0. The molecule has 0 atom stereocenters. The van der Waals surface area contributed by atoms with Crippen LogP contribution in [0.2, 0.25) is 0 Å². The lowest BCUT2D eigenvalue weighted by atomic mass is 10.3. The van der Waals surface area contributed by atoms with E-state index >= 15 is 0 Å². The fraction of sp³-hybridized carbons (Fsp3) is 0.500. The van der Waals surface area contributed by atoms with Gasteiger partial charge in [-0.2, -0.15) is 11.3 Å². The van der Waals surface area contributed by atoms with Crippen molar-refractivity contribution in [3.63, 3.8) is 0 Å². The van der Waals surface area contributed by atoms with Crippen LogP contribution in [0.25, 0.3) is 0 Å². The predicted molar refractivity (Wildman–Crippen MR) is 123 cm³/mol. The average Bonchev–Trinajstić information content (AvgIpc) is 3.21. The van der Waals surface area contributed by atoms with E-state index in [9.17, 15) is 0 Å². The molecular formula is C18H28IN7S. The van der Waals surface area contributed by atoms with Crippen molar-refractivity contribution in [1.29, 1.82) is 0 Å². The second-order valence-corrected chi connectivity index (χ2v) is 6.91. The van der Waals surface area contributed by atoms with Gasteiger partial charge in [-0.05, 0) is 35.4 Å². The molecule has 0 amide bonds. The van der Waals surface area contributed by atoms with Crippen molar-refractivity contribution in [3.8, 4) is 0 Å². The van der Waals surface area contributed by atoms with Crippen LogP contribution in [0.5, 0.6) is 0 Å². The first-order chi connectivity index (χ1) is 12.8. The van der Waals surface area contributed by atoms with Crippen LogP contribution in [-0.4, -0.2) is 66.6 Å². The van der Waals surface area contributed by atoms with Gasteiger partial charge in [0.25, 0.3) is 0 Å². The Labute approximate surface area is 182 Å². The van der Waals surface area contributed by atoms with E-state index in [1.807, 2.05) is 6.07 Å². The van der Waals surface area contributed by atoms with Gasteiger partial charge in [-0.3, -0.25) is 4.90 Å². The summed E-state index contributed by atoms with van der Waals surface area (Å²) >= 11 is 1.71. The molecule has 3 heterocycles. The van der Waals surface area contributed by atoms with Gasteiger partial charge in [-0.1, -0.05) is 0 Å². The van der Waals surface area contributed by atoms with Crippen LogP contribution in [-0.2, 0) is 6.54 Å². The third-order valence-electron chi connectivity index (χ3n) is 4.27. The summed E-state index contributed by atoms with van der Waals surface area (Å²) in [6.07, 6.45) is 3.60. The van der Waals surface area contributed by atoms with E-state index in [2.05, 4.69) is 59.1 Å². The van der Waals surface area contributed by atoms with Crippen LogP contribution >= 0.6 is 35.3 Å². The van der Waals surface area contributed by atoms with Crippen LogP contribution in [0.3, 0.4) is 0 Å². The summed E-state index contributed by atoms with van der Waals surface area (Å²) in [6, 6.07) is 3.97. The molecule has 0 aliphatic carbocycles. The highest BCUT2D eigenvalue weighted by molar-refractivity contribution is 14.0. The van der Waals surface area contributed by atoms with Crippen molar-refractivity contribution < 1.29 is 0 Å². The maximum absolute atomic E-state index is 4.65. The summed E-state index contributed by atoms with van der Waals surface area (Å²) in [7, 11) is 0. The molecule has 7 nitrogen and oxygen atoms in total. The molecule has 0 aromatic carbocycles. The van der Waals surface area contributed by atoms with E-state index in [-0.39, 0.29) is 24.0 Å². The van der Waals surface area contributed by atoms with Crippen molar-refractivity contribution in [2.75, 3.05) is 50.7 Å². The zero-order valence-electron chi connectivity index (χ0n) is 15.7. The molecule has 1 fully saturated rings. The van der Waals surface area contributed by atoms with Crippen molar-refractivity contribution in [2.45, 2.75) is 13.5 Å². The fourth-order valence-corrected chi connectivity index (χ4v) is 3.51. The summed E-state index contributed by atoms with van der Waals surface area (Å²) in [6.45, 7) is 9.56. The molecule has 0 saturated carbocycles. The minimum Gasteiger partial charge on any atom is -0.357 e. The largest absolute Gasteiger partial charge is 0.357 e. The molecule has 3 rings (SSSR count). The van der Waals surface area contributed by atoms with Gasteiger partial charge in [0.1, 0.15) is 0 Å². The molecule has 0 unspecified atom stereocenters. The second kappa shape index (κ2) is 12.1. The van der Waals surface area contributed by atoms with Crippen LogP contribution in [0.4, 0.5) is 5.95 Å². The summed E-state index contributed by atoms with van der Waals surface area (Å²) < 4.78 is 0. The molecule has 1 aliphatic rings. The Hall–Kier alpha value is -1.46. The summed E-state index contributed by atoms with van der Waals surface area (Å²) in [5, 5.41) is 11.0. The van der Waals surface area contributed by atoms with Gasteiger partial charge in [0.2, 0.25) is 5.95 Å². The minimum atomic E-state index is 0. The number of hydrogen-bond acceptors (Lipinski definition) is 6. The molecule has 2 aromatic rings. The maximum Gasteiger partial charge on any atom is 0.225 e. The van der Waals surface area contributed by atoms with Crippen LogP contribution in [0.15, 0.2) is 40.3 Å². The lowest BCUT2D eigenvalue weighted by Crippen LogP contribution is -2.49. The Balaban J connectivity index is 0.00000261. The SMILES string of the molecule is CCNC(=NCc1ccsc1)NCCN1CCN(c2ncccn2)CC1.I. The van der Waals surface area contributed by atoms with Crippen LogP contribution in [0, 0.1) is 0 Å². The van der Waals surface area contributed by atoms with Gasteiger partial charge >= 0.3 is 0 Å². The van der Waals surface area contributed by atoms with E-state index in [1.54, 1.807) is 23.7 Å². The van der Waals surface area contributed by atoms with Crippen LogP contribution < -0.4 is 15.5 Å². The first-order valence-electron chi connectivity index (χ1n) is 9.12. The number of rotatable bonds is 7. The lowest BCUT2D eigenvalue weighted by molar-refractivity contribution is 0.260. The molecule has 1 saturated heterocycles. The molecule has 9 heteroatoms. The topological polar surface area (TPSA) is 68.7 Å². The number of hydrogen-bond donors (Lipinski definition) is 2. The normalized spacial score (nSPS) is 15.3. The first-order valence-corrected chi connectivity index (χ1v) is 10.1. The molecule has 1 aliphatic heterocycles. The molecule has 0 spiro atoms. The third kappa shape index (κ3) is 7.23. The van der Waals surface area contributed by atoms with Crippen molar-refractivity contribution in [2.24, 2.45) is 4.99 Å². The Bertz CT molecular complexity index is 658. The number of anilines is 1. The maximum atomic E-state index is 4.65. The summed E-state index contributed by atoms with van der Waals surface area (Å²) in [5.41, 5.74) is 1.26. The molecule has 2 aromatic heterocycles. The predicted octanol–water partition coefficient (Wildman–Crippen LogP) is 2.03. The van der Waals surface area contributed by atoms with Gasteiger partial charge in [0, 0.05) is 58.2 Å². The van der Waals surface area contributed by atoms with E-state index in [4.69, 9.17) is 0 Å². The average molecular weight is 501 g/mol. The standard InChI is InChI=1S/C18H27N7S.HI/c1-2-19-17(23-14-16-4-13-26-15-16)20-7-8-24-9-11-25(12-10-24)18-21-5-3-6-22-18;/h3-6,13,15H,2,7-12,14H2,1H3,(H2,19,20,23);1H. The van der Waals surface area contributed by atoms with Crippen molar-refractivity contribution in [1.82, 2.24) is 25.5 Å². The number of thiophene rings is 1. The van der Waals surface area contributed by atoms with Gasteiger partial charge in [0.05, 0.1) is 6.54 Å². The van der Waals surface area contributed by atoms with Crippen molar-refractivity contribution >= 4 is 47.2 Å². The highest BCUT2D eigenvalue weighted by Crippen LogP contribution is 2.09.